The number of aromatic nitrogens is 4. The third kappa shape index (κ3) is 4.00. The van der Waals surface area contributed by atoms with Gasteiger partial charge in [-0.15, -0.1) is 10.2 Å². The Hall–Kier alpha value is -5.74. The van der Waals surface area contributed by atoms with Crippen molar-refractivity contribution in [2.75, 3.05) is 0 Å². The van der Waals surface area contributed by atoms with E-state index in [4.69, 9.17) is 10.2 Å². The quantitative estimate of drug-likeness (QED) is 0.191. The molecule has 46 heavy (non-hydrogen) atoms. The number of nitrogens with zero attached hydrogens (tertiary/aromatic N) is 4. The summed E-state index contributed by atoms with van der Waals surface area (Å²) in [6.07, 6.45) is 0. The predicted molar refractivity (Wildman–Crippen MR) is 192 cm³/mol. The largest absolute Gasteiger partial charge is 0.309 e. The summed E-state index contributed by atoms with van der Waals surface area (Å²) in [5.74, 6) is 0.835. The first-order valence-electron chi connectivity index (χ1n) is 15.9. The Morgan fingerprint density at radius 3 is 1.67 bits per heavy atom. The minimum Gasteiger partial charge on any atom is -0.309 e. The first kappa shape index (κ1) is 26.6. The van der Waals surface area contributed by atoms with E-state index < -0.39 is 0 Å². The first-order chi connectivity index (χ1) is 22.5. The van der Waals surface area contributed by atoms with E-state index in [-0.39, 0.29) is 5.41 Å². The molecule has 0 radical (unpaired) electrons. The molecule has 0 fully saturated rings. The maximum atomic E-state index is 4.78. The van der Waals surface area contributed by atoms with Crippen LogP contribution in [0.2, 0.25) is 0 Å². The van der Waals surface area contributed by atoms with Crippen molar-refractivity contribution in [2.24, 2.45) is 0 Å². The van der Waals surface area contributed by atoms with E-state index >= 15 is 0 Å². The number of para-hydroxylation sites is 2. The molecule has 3 aromatic heterocycles. The summed E-state index contributed by atoms with van der Waals surface area (Å²) in [4.78, 5) is 0. The van der Waals surface area contributed by atoms with Crippen LogP contribution in [0.5, 0.6) is 0 Å². The minimum atomic E-state index is 0.121. The lowest BCUT2D eigenvalue weighted by molar-refractivity contribution is 0.590. The van der Waals surface area contributed by atoms with Crippen LogP contribution in [0.3, 0.4) is 0 Å². The minimum absolute atomic E-state index is 0.121. The van der Waals surface area contributed by atoms with Crippen molar-refractivity contribution < 1.29 is 0 Å². The molecule has 0 atom stereocenters. The Bertz CT molecular complexity index is 2540. The van der Waals surface area contributed by atoms with Crippen molar-refractivity contribution in [1.82, 2.24) is 19.2 Å². The molecule has 4 heteroatoms. The zero-order chi connectivity index (χ0) is 31.0. The van der Waals surface area contributed by atoms with Crippen molar-refractivity contribution in [1.29, 1.82) is 0 Å². The second kappa shape index (κ2) is 9.88. The Labute approximate surface area is 267 Å². The van der Waals surface area contributed by atoms with E-state index in [0.29, 0.717) is 0 Å². The third-order valence-corrected chi connectivity index (χ3v) is 9.41. The number of fused-ring (bicyclic) bond motifs is 9. The van der Waals surface area contributed by atoms with Crippen LogP contribution >= 0.6 is 0 Å². The third-order valence-electron chi connectivity index (χ3n) is 9.41. The van der Waals surface area contributed by atoms with E-state index in [9.17, 15) is 0 Å². The van der Waals surface area contributed by atoms with Crippen molar-refractivity contribution in [2.45, 2.75) is 26.2 Å². The summed E-state index contributed by atoms with van der Waals surface area (Å²) >= 11 is 0. The van der Waals surface area contributed by atoms with E-state index in [0.717, 1.165) is 33.6 Å². The molecule has 6 aromatic carbocycles. The van der Waals surface area contributed by atoms with Gasteiger partial charge in [-0.05, 0) is 76.0 Å². The monoisotopic (exact) mass is 592 g/mol. The van der Waals surface area contributed by atoms with Gasteiger partial charge in [0.15, 0.2) is 11.5 Å². The molecular weight excluding hydrogens is 560 g/mol. The van der Waals surface area contributed by atoms with Crippen LogP contribution in [0, 0.1) is 0 Å². The summed E-state index contributed by atoms with van der Waals surface area (Å²) in [5.41, 5.74) is 10.4. The lowest BCUT2D eigenvalue weighted by atomic mass is 9.86. The van der Waals surface area contributed by atoms with E-state index in [1.54, 1.807) is 0 Å². The summed E-state index contributed by atoms with van der Waals surface area (Å²) in [6, 6.07) is 50.2. The fourth-order valence-corrected chi connectivity index (χ4v) is 7.04. The van der Waals surface area contributed by atoms with Crippen molar-refractivity contribution >= 4 is 49.1 Å². The molecule has 9 aromatic rings. The highest BCUT2D eigenvalue weighted by Crippen LogP contribution is 2.36. The van der Waals surface area contributed by atoms with Gasteiger partial charge in [-0.1, -0.05) is 112 Å². The number of pyridine rings is 1. The Kier molecular flexibility index (Phi) is 5.72. The summed E-state index contributed by atoms with van der Waals surface area (Å²) < 4.78 is 4.56. The molecule has 0 saturated carbocycles. The topological polar surface area (TPSA) is 35.1 Å². The SMILES string of the molecule is CC(C)(C)c1ccc(-c2ccc3c(c2)c2ccccc2c2nnc(-c4ccc(-n5c6ccccc6c6ccccc65)cc4)n32)cc1. The Morgan fingerprint density at radius 1 is 0.457 bits per heavy atom. The molecule has 0 spiro atoms. The molecule has 0 saturated heterocycles. The highest BCUT2D eigenvalue weighted by atomic mass is 15.2. The van der Waals surface area contributed by atoms with E-state index in [1.165, 1.54) is 49.3 Å². The van der Waals surface area contributed by atoms with Gasteiger partial charge < -0.3 is 4.57 Å². The lowest BCUT2D eigenvalue weighted by Gasteiger charge is -2.19. The molecule has 4 nitrogen and oxygen atoms in total. The van der Waals surface area contributed by atoms with Gasteiger partial charge in [0.25, 0.3) is 0 Å². The van der Waals surface area contributed by atoms with Gasteiger partial charge in [-0.2, -0.15) is 0 Å². The average Bonchev–Trinajstić information content (AvgIpc) is 3.69. The smallest absolute Gasteiger partial charge is 0.169 e. The fraction of sp³-hybridized carbons (Fsp3) is 0.0952. The molecule has 0 aliphatic rings. The van der Waals surface area contributed by atoms with Gasteiger partial charge in [0.2, 0.25) is 0 Å². The molecule has 0 amide bonds. The normalized spacial score (nSPS) is 12.2. The van der Waals surface area contributed by atoms with Gasteiger partial charge in [0.05, 0.1) is 16.6 Å². The van der Waals surface area contributed by atoms with Crippen molar-refractivity contribution in [3.8, 4) is 28.2 Å². The van der Waals surface area contributed by atoms with Crippen LogP contribution in [-0.4, -0.2) is 19.2 Å². The highest BCUT2D eigenvalue weighted by molar-refractivity contribution is 6.13. The average molecular weight is 593 g/mol. The molecule has 0 N–H and O–H groups in total. The fourth-order valence-electron chi connectivity index (χ4n) is 7.04. The van der Waals surface area contributed by atoms with Crippen molar-refractivity contribution in [3.05, 3.63) is 145 Å². The molecular formula is C42H32N4. The van der Waals surface area contributed by atoms with Crippen LogP contribution in [0.25, 0.3) is 77.3 Å². The standard InChI is InChI=1S/C42H32N4/c1-42(2,3)30-21-16-27(17-22-30)29-20-25-39-36(26-29)32-10-4-5-13-35(32)41-44-43-40(46(39)41)28-18-23-31(24-19-28)45-37-14-8-6-11-33(37)34-12-7-9-15-38(34)45/h4-26H,1-3H3. The predicted octanol–water partition coefficient (Wildman–Crippen LogP) is 10.8. The molecule has 0 aliphatic carbocycles. The van der Waals surface area contributed by atoms with Crippen LogP contribution in [0.1, 0.15) is 26.3 Å². The first-order valence-corrected chi connectivity index (χ1v) is 15.9. The summed E-state index contributed by atoms with van der Waals surface area (Å²) in [6.45, 7) is 6.76. The summed E-state index contributed by atoms with van der Waals surface area (Å²) in [7, 11) is 0. The molecule has 0 bridgehead atoms. The Balaban J connectivity index is 1.21. The second-order valence-corrected chi connectivity index (χ2v) is 13.2. The maximum Gasteiger partial charge on any atom is 0.169 e. The highest BCUT2D eigenvalue weighted by Gasteiger charge is 2.18. The van der Waals surface area contributed by atoms with Gasteiger partial charge >= 0.3 is 0 Å². The number of hydrogen-bond donors (Lipinski definition) is 0. The van der Waals surface area contributed by atoms with E-state index in [2.05, 4.69) is 169 Å². The lowest BCUT2D eigenvalue weighted by Crippen LogP contribution is -2.10. The second-order valence-electron chi connectivity index (χ2n) is 13.2. The van der Waals surface area contributed by atoms with Crippen molar-refractivity contribution in [3.63, 3.8) is 0 Å². The Morgan fingerprint density at radius 2 is 1.02 bits per heavy atom. The van der Waals surface area contributed by atoms with Gasteiger partial charge in [0.1, 0.15) is 0 Å². The van der Waals surface area contributed by atoms with Crippen LogP contribution < -0.4 is 0 Å². The van der Waals surface area contributed by atoms with Gasteiger partial charge in [0, 0.05) is 32.8 Å². The van der Waals surface area contributed by atoms with Crippen LogP contribution in [0.4, 0.5) is 0 Å². The molecule has 220 valence electrons. The van der Waals surface area contributed by atoms with E-state index in [1.807, 2.05) is 0 Å². The number of rotatable bonds is 3. The molecule has 0 aliphatic heterocycles. The zero-order valence-corrected chi connectivity index (χ0v) is 26.1. The number of benzene rings is 6. The van der Waals surface area contributed by atoms with Crippen LogP contribution in [0.15, 0.2) is 140 Å². The maximum absolute atomic E-state index is 4.78. The zero-order valence-electron chi connectivity index (χ0n) is 26.1. The van der Waals surface area contributed by atoms with Gasteiger partial charge in [-0.3, -0.25) is 4.40 Å². The summed E-state index contributed by atoms with van der Waals surface area (Å²) in [5, 5.41) is 15.5. The molecule has 3 heterocycles. The molecule has 0 unspecified atom stereocenters. The van der Waals surface area contributed by atoms with Crippen LogP contribution in [-0.2, 0) is 5.41 Å². The molecule has 9 rings (SSSR count). The van der Waals surface area contributed by atoms with Gasteiger partial charge in [-0.25, -0.2) is 0 Å². The number of hydrogen-bond acceptors (Lipinski definition) is 2.